The molecule has 1 saturated heterocycles. The van der Waals surface area contributed by atoms with Crippen LogP contribution < -0.4 is 0 Å². The first-order valence-electron chi connectivity index (χ1n) is 10.2. The number of thioether (sulfide) groups is 1. The number of para-hydroxylation sites is 1. The average molecular weight is 403 g/mol. The fourth-order valence-corrected chi connectivity index (χ4v) is 5.82. The maximum atomic E-state index is 5.13. The van der Waals surface area contributed by atoms with E-state index in [0.717, 1.165) is 12.2 Å². The zero-order chi connectivity index (χ0) is 20.1. The minimum absolute atomic E-state index is 0.0389. The summed E-state index contributed by atoms with van der Waals surface area (Å²) in [6.07, 6.45) is 1.88. The van der Waals surface area contributed by atoms with Gasteiger partial charge in [-0.2, -0.15) is 0 Å². The Bertz CT molecular complexity index is 1090. The molecule has 3 aromatic rings. The van der Waals surface area contributed by atoms with Gasteiger partial charge in [-0.25, -0.2) is 0 Å². The molecule has 0 saturated carbocycles. The van der Waals surface area contributed by atoms with Crippen molar-refractivity contribution < 1.29 is 0 Å². The van der Waals surface area contributed by atoms with Gasteiger partial charge in [-0.05, 0) is 56.2 Å². The van der Waals surface area contributed by atoms with E-state index in [0.29, 0.717) is 5.25 Å². The molecule has 0 radical (unpaired) electrons. The second-order valence-corrected chi connectivity index (χ2v) is 9.49. The molecule has 0 aliphatic carbocycles. The molecule has 2 aromatic heterocycles. The summed E-state index contributed by atoms with van der Waals surface area (Å²) in [6, 6.07) is 17.3. The van der Waals surface area contributed by atoms with Crippen molar-refractivity contribution in [2.75, 3.05) is 6.54 Å². The molecule has 5 heteroatoms. The van der Waals surface area contributed by atoms with Crippen molar-refractivity contribution in [1.29, 1.82) is 0 Å². The molecular formula is C24H26N4S. The summed E-state index contributed by atoms with van der Waals surface area (Å²) in [4.78, 5) is 12.3. The second kappa shape index (κ2) is 7.06. The Kier molecular flexibility index (Phi) is 4.50. The monoisotopic (exact) mass is 402 g/mol. The summed E-state index contributed by atoms with van der Waals surface area (Å²) in [5.41, 5.74) is 7.51. The molecule has 3 atom stereocenters. The minimum Gasteiger partial charge on any atom is -0.341 e. The predicted molar refractivity (Wildman–Crippen MR) is 121 cm³/mol. The van der Waals surface area contributed by atoms with Gasteiger partial charge in [-0.1, -0.05) is 43.0 Å². The molecule has 0 spiro atoms. The zero-order valence-electron chi connectivity index (χ0n) is 17.3. The van der Waals surface area contributed by atoms with Crippen LogP contribution in [0.15, 0.2) is 59.7 Å². The number of pyridine rings is 1. The Morgan fingerprint density at radius 1 is 1.03 bits per heavy atom. The number of amidine groups is 1. The molecule has 2 aliphatic rings. The lowest BCUT2D eigenvalue weighted by Gasteiger charge is -2.27. The first-order chi connectivity index (χ1) is 14.0. The van der Waals surface area contributed by atoms with Crippen LogP contribution in [0.2, 0.25) is 0 Å². The molecule has 2 aliphatic heterocycles. The number of aromatic nitrogens is 2. The summed E-state index contributed by atoms with van der Waals surface area (Å²) >= 11 is 1.89. The van der Waals surface area contributed by atoms with Gasteiger partial charge in [-0.3, -0.25) is 9.98 Å². The summed E-state index contributed by atoms with van der Waals surface area (Å²) in [5, 5.41) is 1.74. The van der Waals surface area contributed by atoms with Gasteiger partial charge in [0.2, 0.25) is 0 Å². The molecule has 0 bridgehead atoms. The molecule has 4 nitrogen and oxygen atoms in total. The van der Waals surface area contributed by atoms with Crippen molar-refractivity contribution in [2.45, 2.75) is 45.0 Å². The van der Waals surface area contributed by atoms with Crippen molar-refractivity contribution in [3.05, 3.63) is 82.9 Å². The third-order valence-electron chi connectivity index (χ3n) is 6.03. The van der Waals surface area contributed by atoms with Gasteiger partial charge in [0.15, 0.2) is 5.17 Å². The van der Waals surface area contributed by atoms with Gasteiger partial charge in [0.1, 0.15) is 6.04 Å². The van der Waals surface area contributed by atoms with E-state index in [4.69, 9.17) is 4.99 Å². The molecule has 1 aromatic carbocycles. The van der Waals surface area contributed by atoms with Gasteiger partial charge in [0, 0.05) is 35.1 Å². The van der Waals surface area contributed by atoms with Crippen LogP contribution in [0, 0.1) is 20.8 Å². The summed E-state index contributed by atoms with van der Waals surface area (Å²) < 4.78 is 2.39. The van der Waals surface area contributed by atoms with E-state index >= 15 is 0 Å². The predicted octanol–water partition coefficient (Wildman–Crippen LogP) is 5.39. The lowest BCUT2D eigenvalue weighted by atomic mass is 9.96. The van der Waals surface area contributed by atoms with Crippen molar-refractivity contribution in [2.24, 2.45) is 4.99 Å². The quantitative estimate of drug-likeness (QED) is 0.589. The van der Waals surface area contributed by atoms with Crippen molar-refractivity contribution in [3.63, 3.8) is 0 Å². The molecule has 0 N–H and O–H groups in total. The maximum absolute atomic E-state index is 5.13. The maximum Gasteiger partial charge on any atom is 0.160 e. The molecule has 29 heavy (non-hydrogen) atoms. The largest absolute Gasteiger partial charge is 0.341 e. The van der Waals surface area contributed by atoms with Crippen LogP contribution in [0.4, 0.5) is 0 Å². The highest BCUT2D eigenvalue weighted by Crippen LogP contribution is 2.48. The fourth-order valence-electron chi connectivity index (χ4n) is 4.73. The van der Waals surface area contributed by atoms with Crippen molar-refractivity contribution in [1.82, 2.24) is 14.5 Å². The van der Waals surface area contributed by atoms with E-state index in [1.807, 2.05) is 24.0 Å². The molecule has 148 valence electrons. The smallest absolute Gasteiger partial charge is 0.160 e. The Balaban J connectivity index is 1.64. The van der Waals surface area contributed by atoms with Gasteiger partial charge in [0.05, 0.1) is 11.7 Å². The summed E-state index contributed by atoms with van der Waals surface area (Å²) in [7, 11) is 0. The SMILES string of the molecule is Cc1ccccc1-n1c(C)cc(C2C(c3ccccn3)N=C3SC(C)CN32)c1C. The Hall–Kier alpha value is -2.53. The topological polar surface area (TPSA) is 33.4 Å². The first kappa shape index (κ1) is 18.5. The molecular weight excluding hydrogens is 376 g/mol. The number of nitrogens with zero attached hydrogens (tertiary/aromatic N) is 4. The number of aryl methyl sites for hydroxylation is 2. The molecule has 3 unspecified atom stereocenters. The van der Waals surface area contributed by atoms with E-state index < -0.39 is 0 Å². The zero-order valence-corrected chi connectivity index (χ0v) is 18.1. The molecule has 5 rings (SSSR count). The third kappa shape index (κ3) is 2.99. The normalized spacial score (nSPS) is 23.4. The number of benzene rings is 1. The third-order valence-corrected chi connectivity index (χ3v) is 7.13. The number of aliphatic imine (C=N–C) groups is 1. The van der Waals surface area contributed by atoms with E-state index in [1.54, 1.807) is 0 Å². The Morgan fingerprint density at radius 2 is 1.83 bits per heavy atom. The number of hydrogen-bond acceptors (Lipinski definition) is 4. The fraction of sp³-hybridized carbons (Fsp3) is 0.333. The van der Waals surface area contributed by atoms with Gasteiger partial charge < -0.3 is 9.47 Å². The van der Waals surface area contributed by atoms with Crippen LogP contribution in [-0.2, 0) is 0 Å². The van der Waals surface area contributed by atoms with Crippen LogP contribution in [0.5, 0.6) is 0 Å². The minimum atomic E-state index is 0.0389. The lowest BCUT2D eigenvalue weighted by Crippen LogP contribution is -2.28. The van der Waals surface area contributed by atoms with Crippen LogP contribution in [0.3, 0.4) is 0 Å². The van der Waals surface area contributed by atoms with Crippen LogP contribution in [0.1, 0.15) is 47.2 Å². The molecule has 0 amide bonds. The lowest BCUT2D eigenvalue weighted by molar-refractivity contribution is 0.320. The van der Waals surface area contributed by atoms with E-state index in [9.17, 15) is 0 Å². The first-order valence-corrected chi connectivity index (χ1v) is 11.1. The highest BCUT2D eigenvalue weighted by atomic mass is 32.2. The van der Waals surface area contributed by atoms with E-state index in [1.165, 1.54) is 33.4 Å². The highest BCUT2D eigenvalue weighted by molar-refractivity contribution is 8.14. The molecule has 4 heterocycles. The average Bonchev–Trinajstić information content (AvgIpc) is 3.33. The van der Waals surface area contributed by atoms with E-state index in [-0.39, 0.29) is 12.1 Å². The van der Waals surface area contributed by atoms with Crippen LogP contribution in [0.25, 0.3) is 5.69 Å². The Morgan fingerprint density at radius 3 is 2.59 bits per heavy atom. The van der Waals surface area contributed by atoms with Crippen molar-refractivity contribution >= 4 is 16.9 Å². The van der Waals surface area contributed by atoms with Crippen molar-refractivity contribution in [3.8, 4) is 5.69 Å². The molecule has 1 fully saturated rings. The van der Waals surface area contributed by atoms with Crippen LogP contribution >= 0.6 is 11.8 Å². The van der Waals surface area contributed by atoms with Gasteiger partial charge in [-0.15, -0.1) is 0 Å². The number of hydrogen-bond donors (Lipinski definition) is 0. The summed E-state index contributed by atoms with van der Waals surface area (Å²) in [5.74, 6) is 0. The number of rotatable bonds is 3. The Labute approximate surface area is 176 Å². The number of fused-ring (bicyclic) bond motifs is 1. The van der Waals surface area contributed by atoms with Crippen LogP contribution in [-0.4, -0.2) is 31.4 Å². The summed E-state index contributed by atoms with van der Waals surface area (Å²) in [6.45, 7) is 9.95. The van der Waals surface area contributed by atoms with Gasteiger partial charge in [0.25, 0.3) is 0 Å². The van der Waals surface area contributed by atoms with E-state index in [2.05, 4.69) is 84.6 Å². The highest BCUT2D eigenvalue weighted by Gasteiger charge is 2.44. The second-order valence-electron chi connectivity index (χ2n) is 8.09. The van der Waals surface area contributed by atoms with Gasteiger partial charge >= 0.3 is 0 Å². The standard InChI is InChI=1S/C24H26N4S/c1-15-9-5-6-11-21(15)28-16(2)13-19(18(28)4)23-22(20-10-7-8-12-25-20)26-24-27(23)14-17(3)29-24/h5-13,17,22-23H,14H2,1-4H3.